The van der Waals surface area contributed by atoms with Crippen LogP contribution < -0.4 is 10.6 Å². The van der Waals surface area contributed by atoms with Crippen LogP contribution in [-0.2, 0) is 13.0 Å². The lowest BCUT2D eigenvalue weighted by Gasteiger charge is -2.18. The van der Waals surface area contributed by atoms with E-state index in [-0.39, 0.29) is 6.04 Å². The number of fused-ring (bicyclic) bond motifs is 1. The molecule has 0 fully saturated rings. The van der Waals surface area contributed by atoms with Crippen LogP contribution >= 0.6 is 22.7 Å². The highest BCUT2D eigenvalue weighted by atomic mass is 32.1. The molecule has 3 aromatic rings. The van der Waals surface area contributed by atoms with Crippen LogP contribution in [-0.4, -0.2) is 27.5 Å². The maximum atomic E-state index is 6.16. The van der Waals surface area contributed by atoms with Gasteiger partial charge in [0.15, 0.2) is 10.8 Å². The van der Waals surface area contributed by atoms with E-state index in [4.69, 9.17) is 10.7 Å². The molecule has 3 rings (SSSR count). The van der Waals surface area contributed by atoms with E-state index in [2.05, 4.69) is 45.2 Å². The summed E-state index contributed by atoms with van der Waals surface area (Å²) >= 11 is 3.27. The Morgan fingerprint density at radius 1 is 1.48 bits per heavy atom. The molecule has 0 saturated heterocycles. The van der Waals surface area contributed by atoms with Gasteiger partial charge in [-0.3, -0.25) is 4.40 Å². The van der Waals surface area contributed by atoms with Crippen molar-refractivity contribution in [3.8, 4) is 0 Å². The Morgan fingerprint density at radius 2 is 2.33 bits per heavy atom. The van der Waals surface area contributed by atoms with E-state index < -0.39 is 0 Å². The summed E-state index contributed by atoms with van der Waals surface area (Å²) in [6, 6.07) is 0.163. The Bertz CT molecular complexity index is 700. The minimum absolute atomic E-state index is 0.163. The minimum Gasteiger partial charge on any atom is -0.352 e. The molecule has 5 nitrogen and oxygen atoms in total. The summed E-state index contributed by atoms with van der Waals surface area (Å²) in [4.78, 5) is 12.3. The Labute approximate surface area is 132 Å². The highest BCUT2D eigenvalue weighted by Gasteiger charge is 2.19. The van der Waals surface area contributed by atoms with Crippen molar-refractivity contribution in [2.24, 2.45) is 5.73 Å². The lowest BCUT2D eigenvalue weighted by molar-refractivity contribution is 0.633. The monoisotopic (exact) mass is 321 g/mol. The van der Waals surface area contributed by atoms with Crippen LogP contribution in [0, 0.1) is 0 Å². The second kappa shape index (κ2) is 6.13. The summed E-state index contributed by atoms with van der Waals surface area (Å²) in [5.74, 6) is 1.01. The van der Waals surface area contributed by atoms with Gasteiger partial charge in [-0.1, -0.05) is 6.92 Å². The lowest BCUT2D eigenvalue weighted by atomic mass is 10.1. The molecule has 1 atom stereocenters. The second-order valence-electron chi connectivity index (χ2n) is 5.15. The number of rotatable bonds is 6. The molecule has 2 N–H and O–H groups in total. The van der Waals surface area contributed by atoms with Crippen molar-refractivity contribution in [2.75, 3.05) is 11.9 Å². The van der Waals surface area contributed by atoms with Gasteiger partial charge in [-0.2, -0.15) is 0 Å². The van der Waals surface area contributed by atoms with Crippen LogP contribution in [0.2, 0.25) is 0 Å². The average Bonchev–Trinajstić information content (AvgIpc) is 3.16. The zero-order valence-corrected chi connectivity index (χ0v) is 13.8. The fraction of sp³-hybridized carbons (Fsp3) is 0.429. The second-order valence-corrected chi connectivity index (χ2v) is 6.74. The molecule has 0 spiro atoms. The first-order valence-corrected chi connectivity index (χ1v) is 8.79. The minimum atomic E-state index is 0.163. The predicted octanol–water partition coefficient (Wildman–Crippen LogP) is 2.77. The summed E-state index contributed by atoms with van der Waals surface area (Å²) < 4.78 is 2.16. The van der Waals surface area contributed by atoms with Gasteiger partial charge in [-0.15, -0.1) is 22.7 Å². The smallest absolute Gasteiger partial charge is 0.195 e. The largest absolute Gasteiger partial charge is 0.352 e. The van der Waals surface area contributed by atoms with E-state index in [1.165, 1.54) is 5.69 Å². The lowest BCUT2D eigenvalue weighted by Crippen LogP contribution is -2.25. The number of imidazole rings is 1. The summed E-state index contributed by atoms with van der Waals surface area (Å²) in [6.07, 6.45) is 3.88. The van der Waals surface area contributed by atoms with E-state index in [9.17, 15) is 0 Å². The van der Waals surface area contributed by atoms with Gasteiger partial charge in [0.25, 0.3) is 0 Å². The molecule has 0 radical (unpaired) electrons. The third-order valence-electron chi connectivity index (χ3n) is 3.56. The van der Waals surface area contributed by atoms with Gasteiger partial charge in [0.2, 0.25) is 0 Å². The summed E-state index contributed by atoms with van der Waals surface area (Å²) in [5.41, 5.74) is 10.3. The van der Waals surface area contributed by atoms with Gasteiger partial charge < -0.3 is 10.6 Å². The van der Waals surface area contributed by atoms with Gasteiger partial charge in [-0.25, -0.2) is 9.97 Å². The molecule has 0 bridgehead atoms. The molecule has 3 aromatic heterocycles. The molecule has 112 valence electrons. The van der Waals surface area contributed by atoms with E-state index in [0.29, 0.717) is 0 Å². The van der Waals surface area contributed by atoms with Crippen LogP contribution in [0.1, 0.15) is 24.7 Å². The predicted molar refractivity (Wildman–Crippen MR) is 89.3 cm³/mol. The van der Waals surface area contributed by atoms with E-state index in [1.54, 1.807) is 22.7 Å². The molecule has 21 heavy (non-hydrogen) atoms. The molecule has 0 aliphatic rings. The molecule has 3 heterocycles. The fourth-order valence-electron chi connectivity index (χ4n) is 2.34. The number of hydrogen-bond donors (Lipinski definition) is 1. The number of aromatic nitrogens is 3. The number of nitrogens with zero attached hydrogens (tertiary/aromatic N) is 4. The zero-order valence-electron chi connectivity index (χ0n) is 12.2. The summed E-state index contributed by atoms with van der Waals surface area (Å²) in [7, 11) is 2.06. The first kappa shape index (κ1) is 14.5. The molecule has 0 aliphatic heterocycles. The number of anilines is 1. The standard InChI is InChI=1S/C14H19N5S2/c1-3-10(15)6-12-13(17-14-19(12)4-5-21-14)18(2)7-11-8-20-9-16-11/h4-5,8-10H,3,6-7,15H2,1-2H3. The van der Waals surface area contributed by atoms with Crippen molar-refractivity contribution in [1.82, 2.24) is 14.4 Å². The van der Waals surface area contributed by atoms with E-state index in [1.807, 2.05) is 5.51 Å². The fourth-order valence-corrected chi connectivity index (χ4v) is 3.62. The van der Waals surface area contributed by atoms with Crippen LogP contribution in [0.25, 0.3) is 4.96 Å². The normalized spacial score (nSPS) is 12.9. The van der Waals surface area contributed by atoms with Crippen molar-refractivity contribution < 1.29 is 0 Å². The average molecular weight is 321 g/mol. The van der Waals surface area contributed by atoms with Crippen LogP contribution in [0.15, 0.2) is 22.5 Å². The quantitative estimate of drug-likeness (QED) is 0.758. The van der Waals surface area contributed by atoms with Gasteiger partial charge in [-0.05, 0) is 6.42 Å². The molecule has 0 aliphatic carbocycles. The molecule has 0 saturated carbocycles. The number of hydrogen-bond acceptors (Lipinski definition) is 6. The molecular formula is C14H19N5S2. The maximum Gasteiger partial charge on any atom is 0.195 e. The van der Waals surface area contributed by atoms with E-state index in [0.717, 1.165) is 35.9 Å². The number of nitrogens with two attached hydrogens (primary N) is 1. The third-order valence-corrected chi connectivity index (χ3v) is 4.96. The van der Waals surface area contributed by atoms with Crippen molar-refractivity contribution in [1.29, 1.82) is 0 Å². The molecule has 0 amide bonds. The Hall–Kier alpha value is -1.44. The Morgan fingerprint density at radius 3 is 3.05 bits per heavy atom. The van der Waals surface area contributed by atoms with Gasteiger partial charge in [0.05, 0.1) is 23.4 Å². The zero-order chi connectivity index (χ0) is 14.8. The van der Waals surface area contributed by atoms with Gasteiger partial charge in [0, 0.05) is 36.5 Å². The van der Waals surface area contributed by atoms with Crippen molar-refractivity contribution in [2.45, 2.75) is 32.4 Å². The van der Waals surface area contributed by atoms with Gasteiger partial charge in [0.1, 0.15) is 0 Å². The summed E-state index contributed by atoms with van der Waals surface area (Å²) in [5, 5.41) is 4.14. The molecule has 1 unspecified atom stereocenters. The molecule has 7 heteroatoms. The van der Waals surface area contributed by atoms with E-state index >= 15 is 0 Å². The highest BCUT2D eigenvalue weighted by molar-refractivity contribution is 7.15. The van der Waals surface area contributed by atoms with Crippen LogP contribution in [0.3, 0.4) is 0 Å². The van der Waals surface area contributed by atoms with Crippen LogP contribution in [0.5, 0.6) is 0 Å². The van der Waals surface area contributed by atoms with Gasteiger partial charge >= 0.3 is 0 Å². The highest BCUT2D eigenvalue weighted by Crippen LogP contribution is 2.26. The van der Waals surface area contributed by atoms with Crippen LogP contribution in [0.4, 0.5) is 5.82 Å². The first-order valence-electron chi connectivity index (χ1n) is 6.97. The number of thiazole rings is 2. The SMILES string of the molecule is CCC(N)Cc1c(N(C)Cc2cscn2)nc2sccn12. The Balaban J connectivity index is 1.92. The molecule has 0 aromatic carbocycles. The Kier molecular flexibility index (Phi) is 4.23. The van der Waals surface area contributed by atoms with Crippen molar-refractivity contribution in [3.63, 3.8) is 0 Å². The molecular weight excluding hydrogens is 302 g/mol. The summed E-state index contributed by atoms with van der Waals surface area (Å²) in [6.45, 7) is 2.89. The maximum absolute atomic E-state index is 6.16. The van der Waals surface area contributed by atoms with Crippen molar-refractivity contribution >= 4 is 33.5 Å². The third kappa shape index (κ3) is 2.95. The topological polar surface area (TPSA) is 59.5 Å². The first-order chi connectivity index (χ1) is 10.2. The van der Waals surface area contributed by atoms with Crippen molar-refractivity contribution in [3.05, 3.63) is 33.9 Å².